The number of rotatable bonds is 7. The first-order chi connectivity index (χ1) is 12.1. The second kappa shape index (κ2) is 9.36. The molecule has 3 N–H and O–H groups in total. The Balaban J connectivity index is 1.90. The molecule has 1 aromatic rings. The van der Waals surface area contributed by atoms with Gasteiger partial charge in [-0.25, -0.2) is 0 Å². The SMILES string of the molecule is N#C/C(=C/NCCN1CCNCC1)C(=O)Nc1ccccc1[N+](=O)[O-]. The van der Waals surface area contributed by atoms with Crippen LogP contribution in [0.15, 0.2) is 36.0 Å². The number of hydrogen-bond acceptors (Lipinski definition) is 7. The van der Waals surface area contributed by atoms with E-state index < -0.39 is 10.8 Å². The molecule has 0 bridgehead atoms. The van der Waals surface area contributed by atoms with Crippen molar-refractivity contribution < 1.29 is 9.72 Å². The van der Waals surface area contributed by atoms with Gasteiger partial charge in [0.2, 0.25) is 0 Å². The Morgan fingerprint density at radius 2 is 2.12 bits per heavy atom. The van der Waals surface area contributed by atoms with Gasteiger partial charge in [-0.15, -0.1) is 0 Å². The van der Waals surface area contributed by atoms with Crippen LogP contribution in [0.1, 0.15) is 0 Å². The van der Waals surface area contributed by atoms with Gasteiger partial charge in [0.1, 0.15) is 17.3 Å². The van der Waals surface area contributed by atoms with Crippen LogP contribution in [0, 0.1) is 21.4 Å². The number of nitro groups is 1. The molecular weight excluding hydrogens is 324 g/mol. The van der Waals surface area contributed by atoms with Crippen LogP contribution in [0.3, 0.4) is 0 Å². The van der Waals surface area contributed by atoms with Crippen LogP contribution in [0.2, 0.25) is 0 Å². The topological polar surface area (TPSA) is 123 Å². The molecule has 2 rings (SSSR count). The minimum absolute atomic E-state index is 0.0551. The van der Waals surface area contributed by atoms with Crippen LogP contribution in [0.4, 0.5) is 11.4 Å². The van der Waals surface area contributed by atoms with Gasteiger partial charge in [-0.2, -0.15) is 5.26 Å². The van der Waals surface area contributed by atoms with Gasteiger partial charge in [0.15, 0.2) is 0 Å². The summed E-state index contributed by atoms with van der Waals surface area (Å²) in [5, 5.41) is 28.7. The zero-order valence-corrected chi connectivity index (χ0v) is 13.7. The van der Waals surface area contributed by atoms with Crippen molar-refractivity contribution in [2.24, 2.45) is 0 Å². The number of hydrogen-bond donors (Lipinski definition) is 3. The molecule has 1 aliphatic rings. The second-order valence-electron chi connectivity index (χ2n) is 5.44. The third-order valence-electron chi connectivity index (χ3n) is 3.74. The summed E-state index contributed by atoms with van der Waals surface area (Å²) in [6.07, 6.45) is 1.34. The van der Waals surface area contributed by atoms with Crippen molar-refractivity contribution in [3.8, 4) is 6.07 Å². The van der Waals surface area contributed by atoms with Crippen molar-refractivity contribution in [2.75, 3.05) is 44.6 Å². The van der Waals surface area contributed by atoms with Gasteiger partial charge in [-0.1, -0.05) is 12.1 Å². The molecule has 0 aliphatic carbocycles. The molecule has 1 aliphatic heterocycles. The highest BCUT2D eigenvalue weighted by molar-refractivity contribution is 6.07. The average molecular weight is 344 g/mol. The molecule has 9 nitrogen and oxygen atoms in total. The Morgan fingerprint density at radius 1 is 1.40 bits per heavy atom. The van der Waals surface area contributed by atoms with Crippen LogP contribution in [0.5, 0.6) is 0 Å². The summed E-state index contributed by atoms with van der Waals surface area (Å²) in [5.41, 5.74) is -0.308. The quantitative estimate of drug-likeness (QED) is 0.215. The molecular formula is C16H20N6O3. The molecule has 0 saturated carbocycles. The maximum absolute atomic E-state index is 12.1. The number of carbonyl (C=O) groups excluding carboxylic acids is 1. The molecule has 0 unspecified atom stereocenters. The van der Waals surface area contributed by atoms with E-state index >= 15 is 0 Å². The number of piperazine rings is 1. The second-order valence-corrected chi connectivity index (χ2v) is 5.44. The van der Waals surface area contributed by atoms with Crippen LogP contribution >= 0.6 is 0 Å². The minimum Gasteiger partial charge on any atom is -0.388 e. The van der Waals surface area contributed by atoms with Crippen LogP contribution in [0.25, 0.3) is 0 Å². The van der Waals surface area contributed by atoms with Gasteiger partial charge >= 0.3 is 0 Å². The fourth-order valence-corrected chi connectivity index (χ4v) is 2.41. The van der Waals surface area contributed by atoms with Crippen molar-refractivity contribution in [1.82, 2.24) is 15.5 Å². The third-order valence-corrected chi connectivity index (χ3v) is 3.74. The lowest BCUT2D eigenvalue weighted by atomic mass is 10.2. The van der Waals surface area contributed by atoms with E-state index in [9.17, 15) is 14.9 Å². The van der Waals surface area contributed by atoms with E-state index in [1.54, 1.807) is 12.1 Å². The Labute approximate surface area is 145 Å². The van der Waals surface area contributed by atoms with E-state index in [-0.39, 0.29) is 16.9 Å². The number of benzene rings is 1. The summed E-state index contributed by atoms with van der Waals surface area (Å²) in [5.74, 6) is -0.688. The lowest BCUT2D eigenvalue weighted by molar-refractivity contribution is -0.383. The molecule has 0 spiro atoms. The predicted molar refractivity (Wildman–Crippen MR) is 92.7 cm³/mol. The van der Waals surface area contributed by atoms with Gasteiger partial charge in [-0.05, 0) is 6.07 Å². The third kappa shape index (κ3) is 5.56. The number of anilines is 1. The van der Waals surface area contributed by atoms with Gasteiger partial charge < -0.3 is 16.0 Å². The Bertz CT molecular complexity index is 691. The van der Waals surface area contributed by atoms with Crippen molar-refractivity contribution in [3.63, 3.8) is 0 Å². The number of amides is 1. The summed E-state index contributed by atoms with van der Waals surface area (Å²) in [6.45, 7) is 5.25. The minimum atomic E-state index is -0.688. The van der Waals surface area contributed by atoms with E-state index in [0.717, 1.165) is 32.7 Å². The largest absolute Gasteiger partial charge is 0.388 e. The monoisotopic (exact) mass is 344 g/mol. The predicted octanol–water partition coefficient (Wildman–Crippen LogP) is 0.436. The van der Waals surface area contributed by atoms with E-state index in [2.05, 4.69) is 20.9 Å². The molecule has 1 fully saturated rings. The molecule has 0 aromatic heterocycles. The first kappa shape index (κ1) is 18.4. The van der Waals surface area contributed by atoms with Gasteiger partial charge in [0, 0.05) is 51.5 Å². The lowest BCUT2D eigenvalue weighted by Gasteiger charge is -2.26. The molecule has 1 aromatic carbocycles. The molecule has 0 atom stereocenters. The van der Waals surface area contributed by atoms with E-state index in [1.807, 2.05) is 0 Å². The van der Waals surface area contributed by atoms with Crippen LogP contribution in [-0.4, -0.2) is 55.0 Å². The van der Waals surface area contributed by atoms with E-state index in [4.69, 9.17) is 5.26 Å². The van der Waals surface area contributed by atoms with Gasteiger partial charge in [0.25, 0.3) is 11.6 Å². The number of para-hydroxylation sites is 2. The van der Waals surface area contributed by atoms with Crippen LogP contribution < -0.4 is 16.0 Å². The van der Waals surface area contributed by atoms with Crippen molar-refractivity contribution in [3.05, 3.63) is 46.2 Å². The average Bonchev–Trinajstić information content (AvgIpc) is 2.63. The number of nitriles is 1. The van der Waals surface area contributed by atoms with E-state index in [1.165, 1.54) is 24.4 Å². The highest BCUT2D eigenvalue weighted by Gasteiger charge is 2.17. The number of nitrogens with one attached hydrogen (secondary N) is 3. The summed E-state index contributed by atoms with van der Waals surface area (Å²) >= 11 is 0. The van der Waals surface area contributed by atoms with Crippen molar-refractivity contribution in [1.29, 1.82) is 5.26 Å². The summed E-state index contributed by atoms with van der Waals surface area (Å²) in [4.78, 5) is 24.8. The molecule has 25 heavy (non-hydrogen) atoms. The molecule has 9 heteroatoms. The van der Waals surface area contributed by atoms with Gasteiger partial charge in [-0.3, -0.25) is 19.8 Å². The summed E-state index contributed by atoms with van der Waals surface area (Å²) in [6, 6.07) is 7.59. The first-order valence-corrected chi connectivity index (χ1v) is 7.93. The Hall–Kier alpha value is -2.96. The normalized spacial score (nSPS) is 15.2. The maximum atomic E-state index is 12.1. The molecule has 1 saturated heterocycles. The van der Waals surface area contributed by atoms with Crippen molar-refractivity contribution in [2.45, 2.75) is 0 Å². The number of nitrogens with zero attached hydrogens (tertiary/aromatic N) is 3. The Morgan fingerprint density at radius 3 is 2.80 bits per heavy atom. The maximum Gasteiger partial charge on any atom is 0.292 e. The zero-order chi connectivity index (χ0) is 18.1. The van der Waals surface area contributed by atoms with Crippen molar-refractivity contribution >= 4 is 17.3 Å². The standard InChI is InChI=1S/C16H20N6O3/c17-11-13(12-19-7-10-21-8-5-18-6-9-21)16(23)20-14-3-1-2-4-15(14)22(24)25/h1-4,12,18-19H,5-10H2,(H,20,23)/b13-12-. The Kier molecular flexibility index (Phi) is 6.88. The summed E-state index contributed by atoms with van der Waals surface area (Å²) in [7, 11) is 0. The molecule has 0 radical (unpaired) electrons. The van der Waals surface area contributed by atoms with Crippen LogP contribution in [-0.2, 0) is 4.79 Å². The van der Waals surface area contributed by atoms with E-state index in [0.29, 0.717) is 6.54 Å². The lowest BCUT2D eigenvalue weighted by Crippen LogP contribution is -2.45. The van der Waals surface area contributed by atoms with Gasteiger partial charge in [0.05, 0.1) is 4.92 Å². The first-order valence-electron chi connectivity index (χ1n) is 7.93. The number of nitro benzene ring substituents is 1. The smallest absolute Gasteiger partial charge is 0.292 e. The fourth-order valence-electron chi connectivity index (χ4n) is 2.41. The highest BCUT2D eigenvalue weighted by Crippen LogP contribution is 2.23. The molecule has 132 valence electrons. The fraction of sp³-hybridized carbons (Fsp3) is 0.375. The zero-order valence-electron chi connectivity index (χ0n) is 13.7. The summed E-state index contributed by atoms with van der Waals surface area (Å²) < 4.78 is 0. The number of carbonyl (C=O) groups is 1. The highest BCUT2D eigenvalue weighted by atomic mass is 16.6. The molecule has 1 heterocycles. The molecule has 1 amide bonds.